The van der Waals surface area contributed by atoms with E-state index < -0.39 is 0 Å². The molecule has 0 aliphatic carbocycles. The van der Waals surface area contributed by atoms with Crippen LogP contribution in [0.3, 0.4) is 0 Å². The first-order chi connectivity index (χ1) is 7.75. The Bertz CT molecular complexity index is 196. The Kier molecular flexibility index (Phi) is 4.58. The first-order valence-corrected chi connectivity index (χ1v) is 6.33. The zero-order valence-electron chi connectivity index (χ0n) is 10.4. The van der Waals surface area contributed by atoms with Gasteiger partial charge in [-0.3, -0.25) is 4.90 Å². The van der Waals surface area contributed by atoms with Crippen LogP contribution >= 0.6 is 0 Å². The molecule has 2 aliphatic heterocycles. The topological polar surface area (TPSA) is 30.9 Å². The molecule has 0 spiro atoms. The molecule has 2 atom stereocenters. The Labute approximate surface area is 97.8 Å². The average Bonchev–Trinajstić information content (AvgIpc) is 2.66. The predicted octanol–water partition coefficient (Wildman–Crippen LogP) is 0.901. The van der Waals surface area contributed by atoms with Gasteiger partial charge in [0.1, 0.15) is 0 Å². The Morgan fingerprint density at radius 2 is 1.81 bits per heavy atom. The van der Waals surface area contributed by atoms with E-state index in [2.05, 4.69) is 18.7 Å². The maximum Gasteiger partial charge on any atom is 0.0976 e. The largest absolute Gasteiger partial charge is 0.379 e. The van der Waals surface area contributed by atoms with Crippen LogP contribution in [0.15, 0.2) is 0 Å². The molecule has 0 unspecified atom stereocenters. The molecule has 94 valence electrons. The van der Waals surface area contributed by atoms with Gasteiger partial charge in [0.05, 0.1) is 31.5 Å². The summed E-state index contributed by atoms with van der Waals surface area (Å²) < 4.78 is 16.9. The van der Waals surface area contributed by atoms with E-state index in [9.17, 15) is 0 Å². The van der Waals surface area contributed by atoms with Gasteiger partial charge in [0, 0.05) is 26.2 Å². The third kappa shape index (κ3) is 3.42. The lowest BCUT2D eigenvalue weighted by atomic mass is 10.2. The van der Waals surface area contributed by atoms with Crippen LogP contribution in [0.5, 0.6) is 0 Å². The second-order valence-corrected chi connectivity index (χ2v) is 4.85. The summed E-state index contributed by atoms with van der Waals surface area (Å²) in [5.74, 6) is 0. The number of hydrogen-bond acceptors (Lipinski definition) is 4. The van der Waals surface area contributed by atoms with Crippen LogP contribution < -0.4 is 0 Å². The highest BCUT2D eigenvalue weighted by atomic mass is 16.6. The Hall–Kier alpha value is -0.160. The molecule has 0 bridgehead atoms. The molecule has 2 heterocycles. The first kappa shape index (κ1) is 12.3. The SMILES string of the molecule is CC(C)OCCCN1C[C@@H]2OCCO[C@@H]2C1. The number of fused-ring (bicyclic) bond motifs is 1. The van der Waals surface area contributed by atoms with Crippen LogP contribution in [0, 0.1) is 0 Å². The van der Waals surface area contributed by atoms with Gasteiger partial charge >= 0.3 is 0 Å². The van der Waals surface area contributed by atoms with Gasteiger partial charge in [-0.05, 0) is 20.3 Å². The van der Waals surface area contributed by atoms with Gasteiger partial charge in [-0.1, -0.05) is 0 Å². The minimum absolute atomic E-state index is 0.305. The van der Waals surface area contributed by atoms with Gasteiger partial charge in [0.15, 0.2) is 0 Å². The number of ether oxygens (including phenoxy) is 3. The van der Waals surface area contributed by atoms with Gasteiger partial charge < -0.3 is 14.2 Å². The molecule has 2 aliphatic rings. The van der Waals surface area contributed by atoms with Crippen molar-refractivity contribution in [2.75, 3.05) is 39.5 Å². The fourth-order valence-electron chi connectivity index (χ4n) is 2.33. The second kappa shape index (κ2) is 5.96. The summed E-state index contributed by atoms with van der Waals surface area (Å²) in [6.07, 6.45) is 2.05. The number of hydrogen-bond donors (Lipinski definition) is 0. The molecule has 0 aromatic carbocycles. The van der Waals surface area contributed by atoms with Crippen LogP contribution in [-0.4, -0.2) is 62.7 Å². The van der Waals surface area contributed by atoms with Crippen molar-refractivity contribution in [3.63, 3.8) is 0 Å². The molecule has 0 saturated carbocycles. The normalized spacial score (nSPS) is 30.9. The predicted molar refractivity (Wildman–Crippen MR) is 61.6 cm³/mol. The van der Waals surface area contributed by atoms with Crippen LogP contribution in [0.4, 0.5) is 0 Å². The zero-order chi connectivity index (χ0) is 11.4. The van der Waals surface area contributed by atoms with Gasteiger partial charge in [-0.25, -0.2) is 0 Å². The van der Waals surface area contributed by atoms with Crippen LogP contribution in [-0.2, 0) is 14.2 Å². The summed E-state index contributed by atoms with van der Waals surface area (Å²) in [5.41, 5.74) is 0. The third-order valence-electron chi connectivity index (χ3n) is 3.11. The van der Waals surface area contributed by atoms with Crippen LogP contribution in [0.2, 0.25) is 0 Å². The molecule has 2 saturated heterocycles. The summed E-state index contributed by atoms with van der Waals surface area (Å²) in [5, 5.41) is 0. The molecule has 0 aromatic heterocycles. The summed E-state index contributed by atoms with van der Waals surface area (Å²) in [6, 6.07) is 0. The van der Waals surface area contributed by atoms with Crippen LogP contribution in [0.1, 0.15) is 20.3 Å². The molecular weight excluding hydrogens is 206 g/mol. The quantitative estimate of drug-likeness (QED) is 0.655. The van der Waals surface area contributed by atoms with Gasteiger partial charge in [0.2, 0.25) is 0 Å². The second-order valence-electron chi connectivity index (χ2n) is 4.85. The summed E-state index contributed by atoms with van der Waals surface area (Å²) >= 11 is 0. The third-order valence-corrected chi connectivity index (χ3v) is 3.11. The fraction of sp³-hybridized carbons (Fsp3) is 1.00. The molecular formula is C12H23NO3. The van der Waals surface area contributed by atoms with Gasteiger partial charge in [0.25, 0.3) is 0 Å². The van der Waals surface area contributed by atoms with E-state index >= 15 is 0 Å². The highest BCUT2D eigenvalue weighted by Gasteiger charge is 2.35. The van der Waals surface area contributed by atoms with Crippen molar-refractivity contribution in [2.24, 2.45) is 0 Å². The maximum atomic E-state index is 5.68. The van der Waals surface area contributed by atoms with E-state index in [-0.39, 0.29) is 0 Å². The number of likely N-dealkylation sites (tertiary alicyclic amines) is 1. The lowest BCUT2D eigenvalue weighted by molar-refractivity contribution is -0.116. The Morgan fingerprint density at radius 1 is 1.19 bits per heavy atom. The van der Waals surface area contributed by atoms with E-state index in [1.54, 1.807) is 0 Å². The minimum atomic E-state index is 0.305. The standard InChI is InChI=1S/C12H23NO3/c1-10(2)14-5-3-4-13-8-11-12(9-13)16-7-6-15-11/h10-12H,3-9H2,1-2H3/t11-,12+. The molecule has 16 heavy (non-hydrogen) atoms. The molecule has 0 radical (unpaired) electrons. The molecule has 4 nitrogen and oxygen atoms in total. The van der Waals surface area contributed by atoms with Crippen molar-refractivity contribution in [3.05, 3.63) is 0 Å². The van der Waals surface area contributed by atoms with Crippen molar-refractivity contribution in [1.29, 1.82) is 0 Å². The van der Waals surface area contributed by atoms with Crippen molar-refractivity contribution < 1.29 is 14.2 Å². The molecule has 0 aromatic rings. The van der Waals surface area contributed by atoms with E-state index in [0.717, 1.165) is 45.9 Å². The Balaban J connectivity index is 1.61. The van der Waals surface area contributed by atoms with E-state index in [1.807, 2.05) is 0 Å². The molecule has 4 heteroatoms. The average molecular weight is 229 g/mol. The van der Waals surface area contributed by atoms with Crippen molar-refractivity contribution >= 4 is 0 Å². The van der Waals surface area contributed by atoms with E-state index in [1.165, 1.54) is 0 Å². The summed E-state index contributed by atoms with van der Waals surface area (Å²) in [7, 11) is 0. The zero-order valence-corrected chi connectivity index (χ0v) is 10.4. The smallest absolute Gasteiger partial charge is 0.0976 e. The summed E-state index contributed by atoms with van der Waals surface area (Å²) in [6.45, 7) is 9.64. The highest BCUT2D eigenvalue weighted by Crippen LogP contribution is 2.19. The molecule has 2 rings (SSSR count). The van der Waals surface area contributed by atoms with E-state index in [4.69, 9.17) is 14.2 Å². The van der Waals surface area contributed by atoms with Crippen molar-refractivity contribution in [1.82, 2.24) is 4.90 Å². The number of nitrogens with zero attached hydrogens (tertiary/aromatic N) is 1. The number of rotatable bonds is 5. The fourth-order valence-corrected chi connectivity index (χ4v) is 2.33. The monoisotopic (exact) mass is 229 g/mol. The van der Waals surface area contributed by atoms with Crippen molar-refractivity contribution in [2.45, 2.75) is 38.6 Å². The summed E-state index contributed by atoms with van der Waals surface area (Å²) in [4.78, 5) is 2.42. The lowest BCUT2D eigenvalue weighted by Crippen LogP contribution is -2.36. The lowest BCUT2D eigenvalue weighted by Gasteiger charge is -2.24. The van der Waals surface area contributed by atoms with Gasteiger partial charge in [-0.2, -0.15) is 0 Å². The van der Waals surface area contributed by atoms with E-state index in [0.29, 0.717) is 18.3 Å². The van der Waals surface area contributed by atoms with Gasteiger partial charge in [-0.15, -0.1) is 0 Å². The first-order valence-electron chi connectivity index (χ1n) is 6.33. The highest BCUT2D eigenvalue weighted by molar-refractivity contribution is 4.87. The van der Waals surface area contributed by atoms with Crippen molar-refractivity contribution in [3.8, 4) is 0 Å². The molecule has 0 amide bonds. The Morgan fingerprint density at radius 3 is 2.38 bits per heavy atom. The minimum Gasteiger partial charge on any atom is -0.379 e. The van der Waals surface area contributed by atoms with Crippen LogP contribution in [0.25, 0.3) is 0 Å². The molecule has 0 N–H and O–H groups in total. The maximum absolute atomic E-state index is 5.68. The molecule has 2 fully saturated rings.